The van der Waals surface area contributed by atoms with Crippen molar-refractivity contribution in [1.82, 2.24) is 9.78 Å². The van der Waals surface area contributed by atoms with Crippen molar-refractivity contribution in [1.29, 1.82) is 0 Å². The van der Waals surface area contributed by atoms with Crippen LogP contribution in [0.1, 0.15) is 16.2 Å². The first kappa shape index (κ1) is 19.6. The molecule has 0 aliphatic carbocycles. The molecule has 0 radical (unpaired) electrons. The normalized spacial score (nSPS) is 10.8. The maximum atomic E-state index is 13.5. The molecular formula is C22H15ClFN3O3. The molecule has 0 unspecified atom stereocenters. The number of carbonyl (C=O) groups is 1. The third kappa shape index (κ3) is 3.62. The molecule has 0 aliphatic rings. The van der Waals surface area contributed by atoms with E-state index in [4.69, 9.17) is 16.0 Å². The number of anilines is 1. The van der Waals surface area contributed by atoms with E-state index in [1.54, 1.807) is 37.3 Å². The number of aromatic nitrogens is 2. The number of rotatable bonds is 4. The van der Waals surface area contributed by atoms with Gasteiger partial charge in [0.15, 0.2) is 5.76 Å². The minimum Gasteiger partial charge on any atom is -0.459 e. The zero-order chi connectivity index (χ0) is 21.3. The van der Waals surface area contributed by atoms with Crippen LogP contribution in [0.3, 0.4) is 0 Å². The molecule has 0 saturated carbocycles. The summed E-state index contributed by atoms with van der Waals surface area (Å²) in [6.45, 7) is 1.56. The summed E-state index contributed by atoms with van der Waals surface area (Å²) in [5.41, 5.74) is 0.835. The third-order valence-electron chi connectivity index (χ3n) is 4.45. The average molecular weight is 424 g/mol. The number of aryl methyl sites for hydroxylation is 1. The fourth-order valence-electron chi connectivity index (χ4n) is 3.02. The van der Waals surface area contributed by atoms with Gasteiger partial charge in [-0.05, 0) is 49.4 Å². The molecule has 0 aliphatic heterocycles. The zero-order valence-corrected chi connectivity index (χ0v) is 16.5. The molecule has 4 aromatic rings. The number of carbonyl (C=O) groups excluding carboxylic acids is 1. The molecule has 0 bridgehead atoms. The molecule has 0 atom stereocenters. The molecule has 2 aromatic heterocycles. The molecule has 1 amide bonds. The lowest BCUT2D eigenvalue weighted by Crippen LogP contribution is -2.24. The molecule has 6 nitrogen and oxygen atoms in total. The van der Waals surface area contributed by atoms with Crippen LogP contribution < -0.4 is 10.7 Å². The van der Waals surface area contributed by atoms with Crippen molar-refractivity contribution in [3.63, 3.8) is 0 Å². The average Bonchev–Trinajstić information content (AvgIpc) is 3.27. The van der Waals surface area contributed by atoms with Crippen molar-refractivity contribution >= 4 is 23.3 Å². The van der Waals surface area contributed by atoms with Gasteiger partial charge in [-0.1, -0.05) is 29.8 Å². The molecule has 1 N–H and O–H groups in total. The van der Waals surface area contributed by atoms with Gasteiger partial charge in [0.2, 0.25) is 5.43 Å². The van der Waals surface area contributed by atoms with Crippen LogP contribution in [0, 0.1) is 12.7 Å². The SMILES string of the molecule is Cc1nn(-c2ccc(F)cc2)c(NC(=O)c2ccco2)c(-c2ccccc2Cl)c1=O. The topological polar surface area (TPSA) is 77.1 Å². The highest BCUT2D eigenvalue weighted by atomic mass is 35.5. The summed E-state index contributed by atoms with van der Waals surface area (Å²) in [5, 5.41) is 7.35. The van der Waals surface area contributed by atoms with E-state index in [1.807, 2.05) is 0 Å². The van der Waals surface area contributed by atoms with E-state index in [2.05, 4.69) is 10.4 Å². The summed E-state index contributed by atoms with van der Waals surface area (Å²) in [4.78, 5) is 25.8. The highest BCUT2D eigenvalue weighted by molar-refractivity contribution is 6.33. The number of nitrogens with one attached hydrogen (secondary N) is 1. The molecule has 150 valence electrons. The Balaban J connectivity index is 2.00. The quantitative estimate of drug-likeness (QED) is 0.509. The van der Waals surface area contributed by atoms with E-state index in [9.17, 15) is 14.0 Å². The molecule has 2 aromatic carbocycles. The molecule has 0 fully saturated rings. The summed E-state index contributed by atoms with van der Waals surface area (Å²) in [6, 6.07) is 15.4. The van der Waals surface area contributed by atoms with E-state index in [-0.39, 0.29) is 22.8 Å². The fourth-order valence-corrected chi connectivity index (χ4v) is 3.25. The monoisotopic (exact) mass is 423 g/mol. The van der Waals surface area contributed by atoms with Crippen LogP contribution in [0.15, 0.2) is 76.1 Å². The number of nitrogens with zero attached hydrogens (tertiary/aromatic N) is 2. The highest BCUT2D eigenvalue weighted by Gasteiger charge is 2.23. The first-order valence-electron chi connectivity index (χ1n) is 8.95. The Labute approximate surface area is 175 Å². The van der Waals surface area contributed by atoms with Crippen LogP contribution in [0.25, 0.3) is 16.8 Å². The smallest absolute Gasteiger partial charge is 0.292 e. The van der Waals surface area contributed by atoms with E-state index < -0.39 is 17.2 Å². The molecule has 4 rings (SSSR count). The van der Waals surface area contributed by atoms with Crippen LogP contribution in [-0.2, 0) is 0 Å². The number of benzene rings is 2. The van der Waals surface area contributed by atoms with Crippen LogP contribution in [0.2, 0.25) is 5.02 Å². The van der Waals surface area contributed by atoms with Gasteiger partial charge in [0.25, 0.3) is 5.91 Å². The predicted octanol–water partition coefficient (Wildman–Crippen LogP) is 4.85. The Kier molecular flexibility index (Phi) is 5.20. The Bertz CT molecular complexity index is 1280. The van der Waals surface area contributed by atoms with E-state index in [0.29, 0.717) is 16.3 Å². The van der Waals surface area contributed by atoms with Crippen LogP contribution in [0.5, 0.6) is 0 Å². The van der Waals surface area contributed by atoms with Gasteiger partial charge >= 0.3 is 0 Å². The van der Waals surface area contributed by atoms with Gasteiger partial charge < -0.3 is 9.73 Å². The lowest BCUT2D eigenvalue weighted by Gasteiger charge is -2.18. The van der Waals surface area contributed by atoms with Crippen molar-refractivity contribution in [2.24, 2.45) is 0 Å². The van der Waals surface area contributed by atoms with Crippen LogP contribution in [-0.4, -0.2) is 15.7 Å². The molecule has 0 saturated heterocycles. The number of halogens is 2. The van der Waals surface area contributed by atoms with Crippen molar-refractivity contribution in [2.75, 3.05) is 5.32 Å². The molecule has 30 heavy (non-hydrogen) atoms. The van der Waals surface area contributed by atoms with Crippen molar-refractivity contribution in [2.45, 2.75) is 6.92 Å². The fraction of sp³-hybridized carbons (Fsp3) is 0.0455. The lowest BCUT2D eigenvalue weighted by molar-refractivity contribution is 0.0996. The largest absolute Gasteiger partial charge is 0.459 e. The summed E-state index contributed by atoms with van der Waals surface area (Å²) in [5.74, 6) is -0.858. The second-order valence-electron chi connectivity index (χ2n) is 6.44. The second-order valence-corrected chi connectivity index (χ2v) is 6.84. The first-order valence-corrected chi connectivity index (χ1v) is 9.33. The van der Waals surface area contributed by atoms with Gasteiger partial charge in [0.05, 0.1) is 17.5 Å². The maximum absolute atomic E-state index is 13.5. The van der Waals surface area contributed by atoms with Gasteiger partial charge in [-0.15, -0.1) is 0 Å². The van der Waals surface area contributed by atoms with Crippen LogP contribution in [0.4, 0.5) is 10.2 Å². The standard InChI is InChI=1S/C22H15ClFN3O3/c1-13-20(28)19(16-5-2-3-6-17(16)23)21(25-22(29)18-7-4-12-30-18)27(26-13)15-10-8-14(24)9-11-15/h2-12H,1H3,(H,25,29). The van der Waals surface area contributed by atoms with Crippen LogP contribution >= 0.6 is 11.6 Å². The zero-order valence-electron chi connectivity index (χ0n) is 15.7. The maximum Gasteiger partial charge on any atom is 0.292 e. The second kappa shape index (κ2) is 7.96. The Morgan fingerprint density at radius 1 is 1.10 bits per heavy atom. The number of amides is 1. The van der Waals surface area contributed by atoms with Crippen molar-refractivity contribution in [3.8, 4) is 16.8 Å². The predicted molar refractivity (Wildman–Crippen MR) is 112 cm³/mol. The van der Waals surface area contributed by atoms with Crippen molar-refractivity contribution < 1.29 is 13.6 Å². The summed E-state index contributed by atoms with van der Waals surface area (Å²) < 4.78 is 20.0. The van der Waals surface area contributed by atoms with Gasteiger partial charge in [-0.3, -0.25) is 9.59 Å². The molecular weight excluding hydrogens is 409 g/mol. The summed E-state index contributed by atoms with van der Waals surface area (Å²) in [6.07, 6.45) is 1.37. The minimum atomic E-state index is -0.575. The number of furan rings is 1. The minimum absolute atomic E-state index is 0.0544. The van der Waals surface area contributed by atoms with E-state index in [0.717, 1.165) is 0 Å². The molecule has 8 heteroatoms. The van der Waals surface area contributed by atoms with E-state index in [1.165, 1.54) is 41.3 Å². The Hall–Kier alpha value is -3.71. The lowest BCUT2D eigenvalue weighted by atomic mass is 10.0. The number of hydrogen-bond acceptors (Lipinski definition) is 4. The van der Waals surface area contributed by atoms with Gasteiger partial charge in [0.1, 0.15) is 17.3 Å². The molecule has 0 spiro atoms. The van der Waals surface area contributed by atoms with E-state index >= 15 is 0 Å². The van der Waals surface area contributed by atoms with Crippen molar-refractivity contribution in [3.05, 3.63) is 99.4 Å². The van der Waals surface area contributed by atoms with Gasteiger partial charge in [0, 0.05) is 10.6 Å². The van der Waals surface area contributed by atoms with Gasteiger partial charge in [-0.2, -0.15) is 5.10 Å². The Morgan fingerprint density at radius 2 is 1.83 bits per heavy atom. The highest BCUT2D eigenvalue weighted by Crippen LogP contribution is 2.32. The molecule has 2 heterocycles. The third-order valence-corrected chi connectivity index (χ3v) is 4.78. The summed E-state index contributed by atoms with van der Waals surface area (Å²) >= 11 is 6.36. The first-order chi connectivity index (χ1) is 14.5. The van der Waals surface area contributed by atoms with Gasteiger partial charge in [-0.25, -0.2) is 9.07 Å². The Morgan fingerprint density at radius 3 is 2.50 bits per heavy atom. The number of hydrogen-bond donors (Lipinski definition) is 1. The summed E-state index contributed by atoms with van der Waals surface area (Å²) in [7, 11) is 0.